The molecular formula is C10H12F3NO. The van der Waals surface area contributed by atoms with Crippen molar-refractivity contribution < 1.29 is 18.3 Å². The van der Waals surface area contributed by atoms with Crippen LogP contribution in [0.4, 0.5) is 13.2 Å². The molecule has 2 nitrogen and oxygen atoms in total. The van der Waals surface area contributed by atoms with E-state index >= 15 is 0 Å². The summed E-state index contributed by atoms with van der Waals surface area (Å²) in [5.41, 5.74) is -2.41. The molecule has 0 atom stereocenters. The van der Waals surface area contributed by atoms with Crippen LogP contribution in [0.3, 0.4) is 0 Å². The topological polar surface area (TPSA) is 33.1 Å². The second-order valence-electron chi connectivity index (χ2n) is 3.97. The molecular weight excluding hydrogens is 207 g/mol. The minimum absolute atomic E-state index is 0.347. The minimum atomic E-state index is -4.49. The quantitative estimate of drug-likeness (QED) is 0.787. The lowest BCUT2D eigenvalue weighted by molar-refractivity contribution is -0.140. The van der Waals surface area contributed by atoms with Gasteiger partial charge in [-0.05, 0) is 32.4 Å². The van der Waals surface area contributed by atoms with Crippen molar-refractivity contribution in [3.05, 3.63) is 29.1 Å². The average molecular weight is 219 g/mol. The van der Waals surface area contributed by atoms with Gasteiger partial charge in [0.15, 0.2) is 0 Å². The first-order valence-electron chi connectivity index (χ1n) is 4.39. The van der Waals surface area contributed by atoms with Crippen molar-refractivity contribution in [2.45, 2.75) is 32.5 Å². The van der Waals surface area contributed by atoms with Gasteiger partial charge >= 0.3 is 6.18 Å². The van der Waals surface area contributed by atoms with E-state index in [1.165, 1.54) is 27.0 Å². The maximum atomic E-state index is 12.6. The van der Waals surface area contributed by atoms with E-state index in [0.717, 1.165) is 6.07 Å². The van der Waals surface area contributed by atoms with Crippen molar-refractivity contribution in [1.29, 1.82) is 0 Å². The summed E-state index contributed by atoms with van der Waals surface area (Å²) in [4.78, 5) is 3.65. The number of rotatable bonds is 1. The van der Waals surface area contributed by atoms with Crippen LogP contribution in [0.5, 0.6) is 0 Å². The van der Waals surface area contributed by atoms with Gasteiger partial charge in [0, 0.05) is 6.20 Å². The predicted octanol–water partition coefficient (Wildman–Crippen LogP) is 2.64. The van der Waals surface area contributed by atoms with Gasteiger partial charge in [-0.1, -0.05) is 0 Å². The third-order valence-electron chi connectivity index (χ3n) is 1.91. The number of halogens is 3. The SMILES string of the molecule is Cc1cnc(C(C)(C)O)c(C(F)(F)F)c1. The number of aromatic nitrogens is 1. The molecule has 1 heterocycles. The van der Waals surface area contributed by atoms with Crippen molar-refractivity contribution in [2.75, 3.05) is 0 Å². The second-order valence-corrected chi connectivity index (χ2v) is 3.97. The van der Waals surface area contributed by atoms with Crippen molar-refractivity contribution in [1.82, 2.24) is 4.98 Å². The van der Waals surface area contributed by atoms with Crippen LogP contribution >= 0.6 is 0 Å². The van der Waals surface area contributed by atoms with Crippen LogP contribution in [0.15, 0.2) is 12.3 Å². The standard InChI is InChI=1S/C10H12F3NO/c1-6-4-7(10(11,12)13)8(14-5-6)9(2,3)15/h4-5,15H,1-3H3. The smallest absolute Gasteiger partial charge is 0.384 e. The lowest BCUT2D eigenvalue weighted by atomic mass is 9.98. The van der Waals surface area contributed by atoms with Crippen molar-refractivity contribution in [2.24, 2.45) is 0 Å². The van der Waals surface area contributed by atoms with E-state index in [1.807, 2.05) is 0 Å². The lowest BCUT2D eigenvalue weighted by Gasteiger charge is -2.21. The first-order chi connectivity index (χ1) is 6.62. The van der Waals surface area contributed by atoms with Gasteiger partial charge in [0.25, 0.3) is 0 Å². The molecule has 1 aromatic rings. The molecule has 5 heteroatoms. The van der Waals surface area contributed by atoms with Crippen molar-refractivity contribution >= 4 is 0 Å². The summed E-state index contributed by atoms with van der Waals surface area (Å²) in [6.07, 6.45) is -3.18. The van der Waals surface area contributed by atoms with Crippen LogP contribution in [-0.4, -0.2) is 10.1 Å². The average Bonchev–Trinajstić information content (AvgIpc) is 2.00. The van der Waals surface area contributed by atoms with Crippen LogP contribution in [0.1, 0.15) is 30.7 Å². The molecule has 0 aromatic carbocycles. The maximum absolute atomic E-state index is 12.6. The Morgan fingerprint density at radius 2 is 1.80 bits per heavy atom. The third kappa shape index (κ3) is 2.68. The lowest BCUT2D eigenvalue weighted by Crippen LogP contribution is -2.24. The highest BCUT2D eigenvalue weighted by Crippen LogP contribution is 2.35. The Bertz CT molecular complexity index is 366. The zero-order chi connectivity index (χ0) is 11.9. The van der Waals surface area contributed by atoms with E-state index in [2.05, 4.69) is 4.98 Å². The second kappa shape index (κ2) is 3.48. The molecule has 1 rings (SSSR count). The number of hydrogen-bond donors (Lipinski definition) is 1. The van der Waals surface area contributed by atoms with E-state index in [1.54, 1.807) is 0 Å². The molecule has 0 aliphatic heterocycles. The predicted molar refractivity (Wildman–Crippen MR) is 49.2 cm³/mol. The molecule has 0 amide bonds. The summed E-state index contributed by atoms with van der Waals surface area (Å²) < 4.78 is 37.8. The molecule has 0 bridgehead atoms. The van der Waals surface area contributed by atoms with E-state index in [0.29, 0.717) is 5.56 Å². The molecule has 84 valence electrons. The van der Waals surface area contributed by atoms with E-state index in [4.69, 9.17) is 0 Å². The number of aliphatic hydroxyl groups is 1. The van der Waals surface area contributed by atoms with Crippen molar-refractivity contribution in [3.8, 4) is 0 Å². The maximum Gasteiger partial charge on any atom is 0.418 e. The zero-order valence-electron chi connectivity index (χ0n) is 8.68. The van der Waals surface area contributed by atoms with Gasteiger partial charge in [0.05, 0.1) is 11.3 Å². The van der Waals surface area contributed by atoms with Gasteiger partial charge < -0.3 is 5.11 Å². The molecule has 1 aromatic heterocycles. The normalized spacial score (nSPS) is 13.0. The highest BCUT2D eigenvalue weighted by Gasteiger charge is 2.38. The summed E-state index contributed by atoms with van der Waals surface area (Å²) in [6.45, 7) is 4.08. The fourth-order valence-corrected chi connectivity index (χ4v) is 1.27. The molecule has 0 saturated heterocycles. The highest BCUT2D eigenvalue weighted by atomic mass is 19.4. The Morgan fingerprint density at radius 3 is 2.20 bits per heavy atom. The van der Waals surface area contributed by atoms with Crippen LogP contribution in [0.25, 0.3) is 0 Å². The molecule has 0 radical (unpaired) electrons. The number of alkyl halides is 3. The van der Waals surface area contributed by atoms with Gasteiger partial charge in [-0.25, -0.2) is 0 Å². The van der Waals surface area contributed by atoms with Gasteiger partial charge in [-0.2, -0.15) is 13.2 Å². The first-order valence-corrected chi connectivity index (χ1v) is 4.39. The zero-order valence-corrected chi connectivity index (χ0v) is 8.68. The third-order valence-corrected chi connectivity index (χ3v) is 1.91. The van der Waals surface area contributed by atoms with Crippen LogP contribution in [-0.2, 0) is 11.8 Å². The minimum Gasteiger partial charge on any atom is -0.384 e. The molecule has 0 aliphatic rings. The molecule has 0 aliphatic carbocycles. The molecule has 0 spiro atoms. The van der Waals surface area contributed by atoms with E-state index in [-0.39, 0.29) is 5.69 Å². The van der Waals surface area contributed by atoms with Crippen molar-refractivity contribution in [3.63, 3.8) is 0 Å². The highest BCUT2D eigenvalue weighted by molar-refractivity contribution is 5.30. The fourth-order valence-electron chi connectivity index (χ4n) is 1.27. The number of hydrogen-bond acceptors (Lipinski definition) is 2. The van der Waals surface area contributed by atoms with E-state index < -0.39 is 17.3 Å². The fraction of sp³-hybridized carbons (Fsp3) is 0.500. The van der Waals surface area contributed by atoms with E-state index in [9.17, 15) is 18.3 Å². The number of aryl methyl sites for hydroxylation is 1. The molecule has 15 heavy (non-hydrogen) atoms. The molecule has 0 unspecified atom stereocenters. The van der Waals surface area contributed by atoms with Crippen LogP contribution in [0.2, 0.25) is 0 Å². The Balaban J connectivity index is 3.41. The summed E-state index contributed by atoms with van der Waals surface area (Å²) in [7, 11) is 0. The Labute approximate surface area is 85.8 Å². The summed E-state index contributed by atoms with van der Waals surface area (Å²) in [5, 5.41) is 9.56. The van der Waals surface area contributed by atoms with Crippen LogP contribution < -0.4 is 0 Å². The first kappa shape index (κ1) is 12.0. The Morgan fingerprint density at radius 1 is 1.27 bits per heavy atom. The van der Waals surface area contributed by atoms with Gasteiger partial charge in [0.2, 0.25) is 0 Å². The number of pyridine rings is 1. The number of nitrogens with zero attached hydrogens (tertiary/aromatic N) is 1. The van der Waals surface area contributed by atoms with Gasteiger partial charge in [0.1, 0.15) is 5.60 Å². The summed E-state index contributed by atoms with van der Waals surface area (Å²) in [6, 6.07) is 0.986. The summed E-state index contributed by atoms with van der Waals surface area (Å²) in [5.74, 6) is 0. The largest absolute Gasteiger partial charge is 0.418 e. The molecule has 0 saturated carbocycles. The Hall–Kier alpha value is -1.10. The van der Waals surface area contributed by atoms with Crippen LogP contribution in [0, 0.1) is 6.92 Å². The molecule has 1 N–H and O–H groups in total. The van der Waals surface area contributed by atoms with Gasteiger partial charge in [-0.15, -0.1) is 0 Å². The van der Waals surface area contributed by atoms with Gasteiger partial charge in [-0.3, -0.25) is 4.98 Å². The molecule has 0 fully saturated rings. The monoisotopic (exact) mass is 219 g/mol. The summed E-state index contributed by atoms with van der Waals surface area (Å²) >= 11 is 0. The Kier molecular flexibility index (Phi) is 2.78.